The first-order chi connectivity index (χ1) is 15.6. The normalized spacial score (nSPS) is 14.8. The summed E-state index contributed by atoms with van der Waals surface area (Å²) >= 11 is 1.30. The van der Waals surface area contributed by atoms with Gasteiger partial charge in [0.1, 0.15) is 12.4 Å². The highest BCUT2D eigenvalue weighted by Crippen LogP contribution is 2.36. The van der Waals surface area contributed by atoms with Crippen molar-refractivity contribution in [3.8, 4) is 11.5 Å². The van der Waals surface area contributed by atoms with Crippen molar-refractivity contribution >= 4 is 29.3 Å². The maximum absolute atomic E-state index is 5.90. The molecule has 0 spiro atoms. The lowest BCUT2D eigenvalue weighted by atomic mass is 10.2. The van der Waals surface area contributed by atoms with Gasteiger partial charge < -0.3 is 24.9 Å². The monoisotopic (exact) mass is 449 g/mol. The number of nitrogen functional groups attached to an aromatic ring is 1. The van der Waals surface area contributed by atoms with Crippen molar-refractivity contribution in [1.29, 1.82) is 0 Å². The minimum absolute atomic E-state index is 0.129. The van der Waals surface area contributed by atoms with Crippen molar-refractivity contribution in [3.63, 3.8) is 0 Å². The van der Waals surface area contributed by atoms with E-state index in [1.165, 1.54) is 11.8 Å². The van der Waals surface area contributed by atoms with Crippen molar-refractivity contribution in [2.75, 3.05) is 17.7 Å². The molecule has 2 aromatic carbocycles. The summed E-state index contributed by atoms with van der Waals surface area (Å²) in [4.78, 5) is 12.8. The molecule has 0 aliphatic carbocycles. The minimum Gasteiger partial charge on any atom is -0.485 e. The number of hydrogen-bond acceptors (Lipinski definition) is 11. The van der Waals surface area contributed by atoms with E-state index in [9.17, 15) is 0 Å². The van der Waals surface area contributed by atoms with E-state index in [0.717, 1.165) is 11.3 Å². The summed E-state index contributed by atoms with van der Waals surface area (Å²) in [6.45, 7) is 2.29. The Morgan fingerprint density at radius 1 is 1.03 bits per heavy atom. The molecule has 0 fully saturated rings. The van der Waals surface area contributed by atoms with Gasteiger partial charge in [-0.05, 0) is 30.7 Å². The predicted octanol–water partition coefficient (Wildman–Crippen LogP) is 3.69. The van der Waals surface area contributed by atoms with Gasteiger partial charge in [0.15, 0.2) is 11.5 Å². The number of ether oxygens (including phenoxy) is 2. The zero-order valence-electron chi connectivity index (χ0n) is 17.1. The van der Waals surface area contributed by atoms with Gasteiger partial charge in [-0.15, -0.1) is 10.2 Å². The van der Waals surface area contributed by atoms with Crippen LogP contribution in [-0.2, 0) is 5.75 Å². The number of nitrogens with one attached hydrogen (secondary N) is 1. The van der Waals surface area contributed by atoms with E-state index in [0.29, 0.717) is 46.7 Å². The van der Waals surface area contributed by atoms with Gasteiger partial charge in [-0.2, -0.15) is 15.0 Å². The highest BCUT2D eigenvalue weighted by Gasteiger charge is 2.27. The average Bonchev–Trinajstić information content (AvgIpc) is 3.28. The van der Waals surface area contributed by atoms with E-state index in [1.807, 2.05) is 55.5 Å². The Morgan fingerprint density at radius 2 is 1.84 bits per heavy atom. The van der Waals surface area contributed by atoms with Gasteiger partial charge in [0.25, 0.3) is 11.1 Å². The number of aryl methyl sites for hydroxylation is 1. The van der Waals surface area contributed by atoms with Gasteiger partial charge in [0.2, 0.25) is 18.0 Å². The first kappa shape index (κ1) is 20.1. The summed E-state index contributed by atoms with van der Waals surface area (Å²) in [5, 5.41) is 11.7. The average molecular weight is 449 g/mol. The standard InChI is InChI=1S/C21H19N7O3S/c1-12-6-2-3-7-13(12)23-20-25-17(24-19(22)26-20)11-32-21-28-27-18(31-21)16-10-29-14-8-4-5-9-15(14)30-16/h2-9,16H,10-11H2,1H3,(H3,22,23,24,25,26)/t16-/m0/s1. The Kier molecular flexibility index (Phi) is 5.46. The van der Waals surface area contributed by atoms with E-state index in [1.54, 1.807) is 0 Å². The summed E-state index contributed by atoms with van der Waals surface area (Å²) in [7, 11) is 0. The number of fused-ring (bicyclic) bond motifs is 1. The SMILES string of the molecule is Cc1ccccc1Nc1nc(N)nc(CSc2nnc([C@@H]3COc4ccccc4O3)o2)n1. The lowest BCUT2D eigenvalue weighted by Crippen LogP contribution is -2.21. The summed E-state index contributed by atoms with van der Waals surface area (Å²) in [6.07, 6.45) is -0.468. The molecule has 32 heavy (non-hydrogen) atoms. The summed E-state index contributed by atoms with van der Waals surface area (Å²) < 4.78 is 17.4. The summed E-state index contributed by atoms with van der Waals surface area (Å²) in [5.74, 6) is 3.06. The number of hydrogen-bond donors (Lipinski definition) is 2. The van der Waals surface area contributed by atoms with Crippen LogP contribution in [0.1, 0.15) is 23.4 Å². The van der Waals surface area contributed by atoms with Crippen LogP contribution in [0.2, 0.25) is 0 Å². The molecule has 0 saturated heterocycles. The van der Waals surface area contributed by atoms with E-state index >= 15 is 0 Å². The third-order valence-electron chi connectivity index (χ3n) is 4.62. The van der Waals surface area contributed by atoms with Crippen LogP contribution in [-0.4, -0.2) is 31.8 Å². The molecule has 1 aliphatic heterocycles. The Labute approximate surface area is 187 Å². The molecule has 0 bridgehead atoms. The van der Waals surface area contributed by atoms with Crippen LogP contribution in [0.15, 0.2) is 58.2 Å². The molecular formula is C21H19N7O3S. The molecule has 4 aromatic rings. The van der Waals surface area contributed by atoms with Crippen molar-refractivity contribution in [2.45, 2.75) is 24.0 Å². The van der Waals surface area contributed by atoms with Crippen molar-refractivity contribution in [2.24, 2.45) is 0 Å². The van der Waals surface area contributed by atoms with Gasteiger partial charge in [-0.25, -0.2) is 0 Å². The zero-order valence-corrected chi connectivity index (χ0v) is 17.9. The van der Waals surface area contributed by atoms with Crippen LogP contribution in [0, 0.1) is 6.92 Å². The van der Waals surface area contributed by atoms with Gasteiger partial charge in [-0.3, -0.25) is 0 Å². The molecule has 162 valence electrons. The topological polar surface area (TPSA) is 134 Å². The molecule has 5 rings (SSSR count). The summed E-state index contributed by atoms with van der Waals surface area (Å²) in [5.41, 5.74) is 7.83. The number of nitrogens with two attached hydrogens (primary N) is 1. The molecular weight excluding hydrogens is 430 g/mol. The number of para-hydroxylation sites is 3. The Balaban J connectivity index is 1.24. The fourth-order valence-electron chi connectivity index (χ4n) is 3.07. The van der Waals surface area contributed by atoms with Crippen molar-refractivity contribution in [3.05, 3.63) is 65.8 Å². The largest absolute Gasteiger partial charge is 0.485 e. The molecule has 3 heterocycles. The second-order valence-electron chi connectivity index (χ2n) is 6.93. The Morgan fingerprint density at radius 3 is 2.72 bits per heavy atom. The zero-order chi connectivity index (χ0) is 21.9. The maximum atomic E-state index is 5.90. The van der Waals surface area contributed by atoms with Crippen LogP contribution < -0.4 is 20.5 Å². The first-order valence-electron chi connectivity index (χ1n) is 9.82. The number of thioether (sulfide) groups is 1. The number of anilines is 3. The Hall–Kier alpha value is -3.86. The van der Waals surface area contributed by atoms with E-state index in [-0.39, 0.29) is 5.95 Å². The second-order valence-corrected chi connectivity index (χ2v) is 7.86. The molecule has 0 amide bonds. The highest BCUT2D eigenvalue weighted by molar-refractivity contribution is 7.98. The number of aromatic nitrogens is 5. The van der Waals surface area contributed by atoms with Crippen LogP contribution in [0.4, 0.5) is 17.6 Å². The molecule has 1 atom stereocenters. The van der Waals surface area contributed by atoms with Gasteiger partial charge in [0.05, 0.1) is 5.75 Å². The van der Waals surface area contributed by atoms with Crippen LogP contribution in [0.25, 0.3) is 0 Å². The van der Waals surface area contributed by atoms with Gasteiger partial charge in [0, 0.05) is 5.69 Å². The lowest BCUT2D eigenvalue weighted by Gasteiger charge is -2.23. The van der Waals surface area contributed by atoms with Crippen molar-refractivity contribution < 1.29 is 13.9 Å². The van der Waals surface area contributed by atoms with Crippen LogP contribution in [0.5, 0.6) is 11.5 Å². The highest BCUT2D eigenvalue weighted by atomic mass is 32.2. The molecule has 10 nitrogen and oxygen atoms in total. The van der Waals surface area contributed by atoms with Gasteiger partial charge >= 0.3 is 0 Å². The quantitative estimate of drug-likeness (QED) is 0.417. The van der Waals surface area contributed by atoms with Gasteiger partial charge in [-0.1, -0.05) is 42.1 Å². The number of rotatable bonds is 6. The second kappa shape index (κ2) is 8.71. The molecule has 0 saturated carbocycles. The maximum Gasteiger partial charge on any atom is 0.277 e. The van der Waals surface area contributed by atoms with Crippen LogP contribution in [0.3, 0.4) is 0 Å². The molecule has 3 N–H and O–H groups in total. The number of benzene rings is 2. The number of nitrogens with zero attached hydrogens (tertiary/aromatic N) is 5. The summed E-state index contributed by atoms with van der Waals surface area (Å²) in [6, 6.07) is 15.3. The third kappa shape index (κ3) is 4.42. The molecule has 2 aromatic heterocycles. The van der Waals surface area contributed by atoms with Crippen molar-refractivity contribution in [1.82, 2.24) is 25.1 Å². The molecule has 0 unspecified atom stereocenters. The first-order valence-corrected chi connectivity index (χ1v) is 10.8. The smallest absolute Gasteiger partial charge is 0.277 e. The van der Waals surface area contributed by atoms with E-state index < -0.39 is 6.10 Å². The minimum atomic E-state index is -0.468. The Bertz CT molecular complexity index is 1250. The van der Waals surface area contributed by atoms with E-state index in [2.05, 4.69) is 30.5 Å². The fraction of sp³-hybridized carbons (Fsp3) is 0.190. The predicted molar refractivity (Wildman–Crippen MR) is 118 cm³/mol. The molecule has 0 radical (unpaired) electrons. The van der Waals surface area contributed by atoms with E-state index in [4.69, 9.17) is 19.6 Å². The fourth-order valence-corrected chi connectivity index (χ4v) is 3.69. The lowest BCUT2D eigenvalue weighted by molar-refractivity contribution is 0.0686. The third-order valence-corrected chi connectivity index (χ3v) is 5.44. The van der Waals surface area contributed by atoms with Crippen LogP contribution >= 0.6 is 11.8 Å². The molecule has 1 aliphatic rings. The molecule has 11 heteroatoms.